The van der Waals surface area contributed by atoms with Gasteiger partial charge in [0.15, 0.2) is 0 Å². The number of thioether (sulfide) groups is 1. The molecule has 1 aromatic rings. The lowest BCUT2D eigenvalue weighted by Crippen LogP contribution is -2.41. The van der Waals surface area contributed by atoms with Crippen LogP contribution in [-0.2, 0) is 0 Å². The minimum Gasteiger partial charge on any atom is -0.384 e. The van der Waals surface area contributed by atoms with E-state index in [2.05, 4.69) is 43.8 Å². The fourth-order valence-electron chi connectivity index (χ4n) is 2.55. The van der Waals surface area contributed by atoms with Crippen LogP contribution in [0.25, 0.3) is 0 Å². The molecule has 1 atom stereocenters. The van der Waals surface area contributed by atoms with Gasteiger partial charge in [-0.15, -0.1) is 11.8 Å². The third-order valence-electron chi connectivity index (χ3n) is 3.31. The van der Waals surface area contributed by atoms with E-state index in [1.807, 2.05) is 18.4 Å². The van der Waals surface area contributed by atoms with E-state index in [1.54, 1.807) is 11.8 Å². The third kappa shape index (κ3) is 3.90. The first-order valence-electron chi connectivity index (χ1n) is 6.85. The van der Waals surface area contributed by atoms with Gasteiger partial charge in [0.2, 0.25) is 0 Å². The number of benzene rings is 1. The Balaban J connectivity index is 3.24. The van der Waals surface area contributed by atoms with Crippen molar-refractivity contribution in [3.05, 3.63) is 23.8 Å². The Bertz CT molecular complexity index is 459. The van der Waals surface area contributed by atoms with Gasteiger partial charge in [-0.2, -0.15) is 0 Å². The zero-order valence-corrected chi connectivity index (χ0v) is 13.9. The molecule has 4 nitrogen and oxygen atoms in total. The van der Waals surface area contributed by atoms with Gasteiger partial charge < -0.3 is 15.5 Å². The summed E-state index contributed by atoms with van der Waals surface area (Å²) in [6.07, 6.45) is 2.02. The second kappa shape index (κ2) is 7.55. The molecule has 0 aromatic heterocycles. The first-order valence-corrected chi connectivity index (χ1v) is 8.07. The van der Waals surface area contributed by atoms with Gasteiger partial charge in [0.1, 0.15) is 5.84 Å². The summed E-state index contributed by atoms with van der Waals surface area (Å²) in [5.41, 5.74) is 7.73. The van der Waals surface area contributed by atoms with Crippen LogP contribution < -0.4 is 10.6 Å². The number of amidine groups is 1. The fourth-order valence-corrected chi connectivity index (χ4v) is 3.18. The summed E-state index contributed by atoms with van der Waals surface area (Å²) >= 11 is 1.63. The molecule has 0 radical (unpaired) electrons. The third-order valence-corrected chi connectivity index (χ3v) is 4.09. The lowest BCUT2D eigenvalue weighted by molar-refractivity contribution is 0.373. The first-order chi connectivity index (χ1) is 9.42. The van der Waals surface area contributed by atoms with Gasteiger partial charge in [-0.3, -0.25) is 5.41 Å². The predicted molar refractivity (Wildman–Crippen MR) is 90.3 cm³/mol. The van der Waals surface area contributed by atoms with Gasteiger partial charge in [-0.05, 0) is 46.3 Å². The molecule has 0 aliphatic heterocycles. The van der Waals surface area contributed by atoms with Gasteiger partial charge in [-0.25, -0.2) is 0 Å². The lowest BCUT2D eigenvalue weighted by atomic mass is 10.1. The van der Waals surface area contributed by atoms with Crippen molar-refractivity contribution < 1.29 is 0 Å². The molecule has 5 heteroatoms. The molecule has 0 heterocycles. The normalized spacial score (nSPS) is 12.5. The van der Waals surface area contributed by atoms with Crippen LogP contribution in [0.4, 0.5) is 5.69 Å². The quantitative estimate of drug-likeness (QED) is 0.461. The number of rotatable bonds is 7. The van der Waals surface area contributed by atoms with E-state index in [0.29, 0.717) is 6.04 Å². The topological polar surface area (TPSA) is 56.4 Å². The number of hydrogen-bond acceptors (Lipinski definition) is 4. The monoisotopic (exact) mass is 294 g/mol. The Labute approximate surface area is 126 Å². The van der Waals surface area contributed by atoms with Gasteiger partial charge in [-0.1, -0.05) is 6.07 Å². The van der Waals surface area contributed by atoms with E-state index in [4.69, 9.17) is 11.1 Å². The van der Waals surface area contributed by atoms with Crippen molar-refractivity contribution in [3.63, 3.8) is 0 Å². The second-order valence-electron chi connectivity index (χ2n) is 5.17. The lowest BCUT2D eigenvalue weighted by Gasteiger charge is -2.34. The zero-order valence-electron chi connectivity index (χ0n) is 13.1. The molecular weight excluding hydrogens is 268 g/mol. The van der Waals surface area contributed by atoms with Crippen LogP contribution >= 0.6 is 11.8 Å². The average molecular weight is 294 g/mol. The summed E-state index contributed by atoms with van der Waals surface area (Å²) in [6, 6.07) is 6.49. The zero-order chi connectivity index (χ0) is 15.3. The molecule has 0 aliphatic rings. The summed E-state index contributed by atoms with van der Waals surface area (Å²) in [7, 11) is 4.16. The molecule has 112 valence electrons. The molecule has 0 aliphatic carbocycles. The van der Waals surface area contributed by atoms with Crippen molar-refractivity contribution in [2.75, 3.05) is 38.3 Å². The van der Waals surface area contributed by atoms with E-state index in [-0.39, 0.29) is 5.84 Å². The van der Waals surface area contributed by atoms with Crippen LogP contribution in [0.1, 0.15) is 19.4 Å². The van der Waals surface area contributed by atoms with E-state index in [9.17, 15) is 0 Å². The molecule has 3 N–H and O–H groups in total. The van der Waals surface area contributed by atoms with Crippen LogP contribution in [0.2, 0.25) is 0 Å². The number of anilines is 1. The SMILES string of the molecule is CCN(c1cccc(SC)c1C(=N)N)C(C)CN(C)C. The van der Waals surface area contributed by atoms with E-state index in [1.165, 1.54) is 0 Å². The maximum absolute atomic E-state index is 7.90. The molecule has 1 aromatic carbocycles. The Morgan fingerprint density at radius 2 is 2.05 bits per heavy atom. The summed E-state index contributed by atoms with van der Waals surface area (Å²) in [4.78, 5) is 5.56. The largest absolute Gasteiger partial charge is 0.384 e. The number of nitrogens with zero attached hydrogens (tertiary/aromatic N) is 2. The van der Waals surface area contributed by atoms with E-state index >= 15 is 0 Å². The number of likely N-dealkylation sites (N-methyl/N-ethyl adjacent to an activating group) is 2. The van der Waals surface area contributed by atoms with Crippen LogP contribution in [0.15, 0.2) is 23.1 Å². The molecule has 20 heavy (non-hydrogen) atoms. The molecule has 0 spiro atoms. The first kappa shape index (κ1) is 16.9. The smallest absolute Gasteiger partial charge is 0.126 e. The summed E-state index contributed by atoms with van der Waals surface area (Å²) in [5.74, 6) is 0.139. The van der Waals surface area contributed by atoms with Gasteiger partial charge in [0, 0.05) is 29.7 Å². The van der Waals surface area contributed by atoms with E-state index in [0.717, 1.165) is 29.2 Å². The number of hydrogen-bond donors (Lipinski definition) is 2. The number of nitrogen functional groups attached to an aromatic ring is 1. The number of nitrogens with one attached hydrogen (secondary N) is 1. The standard InChI is InChI=1S/C15H26N4S/c1-6-19(11(2)10-18(3)4)12-8-7-9-13(20-5)14(12)15(16)17/h7-9,11H,6,10H2,1-5H3,(H3,16,17). The second-order valence-corrected chi connectivity index (χ2v) is 6.01. The average Bonchev–Trinajstić information content (AvgIpc) is 2.37. The molecular formula is C15H26N4S. The highest BCUT2D eigenvalue weighted by molar-refractivity contribution is 7.98. The molecule has 0 saturated heterocycles. The van der Waals surface area contributed by atoms with Gasteiger partial charge in [0.05, 0.1) is 5.56 Å². The van der Waals surface area contributed by atoms with Crippen molar-refractivity contribution in [1.29, 1.82) is 5.41 Å². The molecule has 1 rings (SSSR count). The van der Waals surface area contributed by atoms with Crippen LogP contribution in [0, 0.1) is 5.41 Å². The summed E-state index contributed by atoms with van der Waals surface area (Å²) in [6.45, 7) is 6.21. The summed E-state index contributed by atoms with van der Waals surface area (Å²) in [5, 5.41) is 7.90. The van der Waals surface area contributed by atoms with Crippen molar-refractivity contribution in [1.82, 2.24) is 4.90 Å². The molecule has 0 amide bonds. The Hall–Kier alpha value is -1.20. The number of nitrogens with two attached hydrogens (primary N) is 1. The highest BCUT2D eigenvalue weighted by Gasteiger charge is 2.19. The van der Waals surface area contributed by atoms with Gasteiger partial charge >= 0.3 is 0 Å². The fraction of sp³-hybridized carbons (Fsp3) is 0.533. The Kier molecular flexibility index (Phi) is 6.36. The van der Waals surface area contributed by atoms with Crippen molar-refractivity contribution in [3.8, 4) is 0 Å². The van der Waals surface area contributed by atoms with Gasteiger partial charge in [0.25, 0.3) is 0 Å². The van der Waals surface area contributed by atoms with Crippen molar-refractivity contribution in [2.24, 2.45) is 5.73 Å². The van der Waals surface area contributed by atoms with Crippen molar-refractivity contribution >= 4 is 23.3 Å². The Morgan fingerprint density at radius 1 is 1.40 bits per heavy atom. The maximum atomic E-state index is 7.90. The maximum Gasteiger partial charge on any atom is 0.126 e. The highest BCUT2D eigenvalue weighted by atomic mass is 32.2. The molecule has 1 unspecified atom stereocenters. The minimum absolute atomic E-state index is 0.139. The van der Waals surface area contributed by atoms with Crippen LogP contribution in [0.5, 0.6) is 0 Å². The van der Waals surface area contributed by atoms with Crippen molar-refractivity contribution in [2.45, 2.75) is 24.8 Å². The molecule has 0 fully saturated rings. The minimum atomic E-state index is 0.139. The Morgan fingerprint density at radius 3 is 2.50 bits per heavy atom. The highest BCUT2D eigenvalue weighted by Crippen LogP contribution is 2.30. The van der Waals surface area contributed by atoms with Crippen LogP contribution in [0.3, 0.4) is 0 Å². The van der Waals surface area contributed by atoms with E-state index < -0.39 is 0 Å². The summed E-state index contributed by atoms with van der Waals surface area (Å²) < 4.78 is 0. The predicted octanol–water partition coefficient (Wildman–Crippen LogP) is 2.47. The molecule has 0 saturated carbocycles. The molecule has 0 bridgehead atoms. The van der Waals surface area contributed by atoms with Crippen LogP contribution in [-0.4, -0.2) is 50.2 Å².